The van der Waals surface area contributed by atoms with E-state index in [9.17, 15) is 19.2 Å². The molecule has 1 heterocycles. The molecule has 0 N–H and O–H groups in total. The van der Waals surface area contributed by atoms with Crippen molar-refractivity contribution in [3.05, 3.63) is 102 Å². The lowest BCUT2D eigenvalue weighted by atomic mass is 9.76. The number of benzene rings is 3. The first-order valence-electron chi connectivity index (χ1n) is 18.2. The molecule has 2 aliphatic rings. The second-order valence-corrected chi connectivity index (χ2v) is 13.2. The van der Waals surface area contributed by atoms with Gasteiger partial charge in [-0.15, -0.1) is 0 Å². The van der Waals surface area contributed by atoms with Gasteiger partial charge in [-0.05, 0) is 99.2 Å². The zero-order valence-corrected chi connectivity index (χ0v) is 30.1. The molecule has 2 fully saturated rings. The van der Waals surface area contributed by atoms with E-state index in [2.05, 4.69) is 30.8 Å². The quantitative estimate of drug-likeness (QED) is 0.0662. The summed E-state index contributed by atoms with van der Waals surface area (Å²) in [5, 5.41) is 0. The average molecular weight is 713 g/mol. The highest BCUT2D eigenvalue weighted by Gasteiger charge is 2.47. The van der Waals surface area contributed by atoms with E-state index in [0.29, 0.717) is 28.7 Å². The lowest BCUT2D eigenvalue weighted by Crippen LogP contribution is -2.39. The van der Waals surface area contributed by atoms with Crippen molar-refractivity contribution < 1.29 is 47.6 Å². The van der Waals surface area contributed by atoms with Gasteiger partial charge in [0, 0.05) is 11.6 Å². The van der Waals surface area contributed by atoms with Gasteiger partial charge in [-0.25, -0.2) is 19.2 Å². The number of esters is 4. The second kappa shape index (κ2) is 18.6. The van der Waals surface area contributed by atoms with Gasteiger partial charge in [0.05, 0.1) is 24.9 Å². The number of ether oxygens (including phenoxy) is 6. The summed E-state index contributed by atoms with van der Waals surface area (Å²) in [6, 6.07) is 22.5. The number of carbonyl (C=O) groups excluding carboxylic acids is 4. The largest absolute Gasteiger partial charge is 0.464 e. The van der Waals surface area contributed by atoms with Crippen LogP contribution in [0.15, 0.2) is 85.5 Å². The van der Waals surface area contributed by atoms with Gasteiger partial charge in [-0.3, -0.25) is 0 Å². The van der Waals surface area contributed by atoms with Crippen LogP contribution in [0.1, 0.15) is 99.4 Å². The second-order valence-electron chi connectivity index (χ2n) is 13.2. The smallest absolute Gasteiger partial charge is 0.343 e. The zero-order valence-electron chi connectivity index (χ0n) is 30.1. The Balaban J connectivity index is 1.12. The minimum atomic E-state index is -1.26. The Labute approximate surface area is 305 Å². The first-order chi connectivity index (χ1) is 25.2. The van der Waals surface area contributed by atoms with Gasteiger partial charge in [-0.2, -0.15) is 0 Å². The molecular weight excluding hydrogens is 664 g/mol. The van der Waals surface area contributed by atoms with Crippen molar-refractivity contribution in [2.45, 2.75) is 96.2 Å². The number of rotatable bonds is 15. The maximum Gasteiger partial charge on any atom is 0.343 e. The van der Waals surface area contributed by atoms with E-state index in [0.717, 1.165) is 30.4 Å². The Bertz CT molecular complexity index is 1640. The summed E-state index contributed by atoms with van der Waals surface area (Å²) < 4.78 is 32.5. The summed E-state index contributed by atoms with van der Waals surface area (Å²) in [6.45, 7) is 8.96. The first-order valence-corrected chi connectivity index (χ1v) is 18.2. The topological polar surface area (TPSA) is 124 Å². The van der Waals surface area contributed by atoms with Crippen LogP contribution in [0.3, 0.4) is 0 Å². The fourth-order valence-electron chi connectivity index (χ4n) is 6.87. The number of hydrogen-bond donors (Lipinski definition) is 0. The molecule has 1 saturated carbocycles. The maximum absolute atomic E-state index is 13.0. The monoisotopic (exact) mass is 712 g/mol. The summed E-state index contributed by atoms with van der Waals surface area (Å²) >= 11 is 0. The Morgan fingerprint density at radius 2 is 1.38 bits per heavy atom. The lowest BCUT2D eigenvalue weighted by Gasteiger charge is -2.30. The summed E-state index contributed by atoms with van der Waals surface area (Å²) in [7, 11) is 0. The number of carbonyl (C=O) groups is 4. The minimum absolute atomic E-state index is 0.0885. The molecule has 1 aliphatic heterocycles. The molecule has 0 aromatic heterocycles. The van der Waals surface area contributed by atoms with Crippen molar-refractivity contribution in [1.29, 1.82) is 0 Å². The average Bonchev–Trinajstić information content (AvgIpc) is 3.62. The van der Waals surface area contributed by atoms with Crippen LogP contribution >= 0.6 is 0 Å². The van der Waals surface area contributed by atoms with Crippen molar-refractivity contribution in [3.8, 4) is 16.9 Å². The Hall–Kier alpha value is -4.80. The van der Waals surface area contributed by atoms with Gasteiger partial charge in [0.1, 0.15) is 5.75 Å². The van der Waals surface area contributed by atoms with Gasteiger partial charge in [0.25, 0.3) is 0 Å². The van der Waals surface area contributed by atoms with Crippen LogP contribution in [0.5, 0.6) is 5.75 Å². The van der Waals surface area contributed by atoms with Crippen LogP contribution in [-0.2, 0) is 38.1 Å². The molecule has 0 bridgehead atoms. The van der Waals surface area contributed by atoms with Crippen LogP contribution in [-0.4, -0.2) is 55.4 Å². The molecule has 276 valence electrons. The molecule has 52 heavy (non-hydrogen) atoms. The normalized spacial score (nSPS) is 20.8. The molecule has 0 spiro atoms. The third-order valence-corrected chi connectivity index (χ3v) is 9.54. The molecule has 5 atom stereocenters. The zero-order chi connectivity index (χ0) is 37.0. The van der Waals surface area contributed by atoms with Gasteiger partial charge in [0.15, 0.2) is 18.5 Å². The molecule has 3 aromatic carbocycles. The highest BCUT2D eigenvalue weighted by atomic mass is 16.8. The fourth-order valence-corrected chi connectivity index (χ4v) is 6.87. The van der Waals surface area contributed by atoms with Crippen molar-refractivity contribution in [2.75, 3.05) is 13.2 Å². The molecule has 5 rings (SSSR count). The van der Waals surface area contributed by atoms with Crippen LogP contribution in [0.25, 0.3) is 11.1 Å². The highest BCUT2D eigenvalue weighted by Crippen LogP contribution is 2.39. The highest BCUT2D eigenvalue weighted by molar-refractivity contribution is 5.91. The fraction of sp³-hybridized carbons (Fsp3) is 0.429. The van der Waals surface area contributed by atoms with E-state index in [1.165, 1.54) is 37.3 Å². The third-order valence-electron chi connectivity index (χ3n) is 9.54. The molecule has 10 nitrogen and oxygen atoms in total. The van der Waals surface area contributed by atoms with Gasteiger partial charge < -0.3 is 28.4 Å². The predicted octanol–water partition coefficient (Wildman–Crippen LogP) is 8.04. The lowest BCUT2D eigenvalue weighted by molar-refractivity contribution is -0.163. The molecular formula is C42H48O10. The Morgan fingerprint density at radius 1 is 0.808 bits per heavy atom. The molecule has 0 amide bonds. The van der Waals surface area contributed by atoms with Crippen molar-refractivity contribution in [2.24, 2.45) is 5.92 Å². The summed E-state index contributed by atoms with van der Waals surface area (Å²) in [5.41, 5.74) is 4.36. The van der Waals surface area contributed by atoms with Crippen molar-refractivity contribution >= 4 is 23.9 Å². The molecule has 1 aliphatic carbocycles. The van der Waals surface area contributed by atoms with Crippen LogP contribution in [0.4, 0.5) is 0 Å². The first kappa shape index (κ1) is 38.4. The molecule has 10 heteroatoms. The Kier molecular flexibility index (Phi) is 13.8. The molecule has 1 unspecified atom stereocenters. The summed E-state index contributed by atoms with van der Waals surface area (Å²) in [6.07, 6.45) is 5.48. The third kappa shape index (κ3) is 10.2. The predicted molar refractivity (Wildman–Crippen MR) is 193 cm³/mol. The summed E-state index contributed by atoms with van der Waals surface area (Å²) in [5.74, 6) is -0.768. The standard InChI is InChI=1S/C42H48O10/c1-5-36(43)49-27(4)10-8-11-28-12-9-13-34(26-28)31-16-14-29(15-17-31)30-18-20-32(21-19-30)39(44)50-35-24-22-33(23-25-35)42-51-37(40(45)47-6-2)38(52-42)41(46)48-7-3/h5,14-25,27-28,34,37-38,42H,1,6-13,26H2,2-4H3/t27?,28-,34-,37-,38-/m1/s1. The van der Waals surface area contributed by atoms with E-state index in [4.69, 9.17) is 28.4 Å². The number of hydrogen-bond acceptors (Lipinski definition) is 10. The van der Waals surface area contributed by atoms with Crippen molar-refractivity contribution in [3.63, 3.8) is 0 Å². The molecule has 1 saturated heterocycles. The SMILES string of the molecule is C=CC(=O)OC(C)CCC[C@@H]1CCC[C@@H](c2ccc(-c3ccc(C(=O)Oc4ccc(C5O[C@@H](C(=O)OCC)[C@H](C(=O)OCC)O5)cc4)cc3)cc2)C1. The van der Waals surface area contributed by atoms with E-state index in [-0.39, 0.29) is 25.3 Å². The van der Waals surface area contributed by atoms with Gasteiger partial charge >= 0.3 is 23.9 Å². The maximum atomic E-state index is 13.0. The Morgan fingerprint density at radius 3 is 1.96 bits per heavy atom. The van der Waals surface area contributed by atoms with Crippen LogP contribution in [0, 0.1) is 5.92 Å². The van der Waals surface area contributed by atoms with E-state index in [1.54, 1.807) is 50.2 Å². The van der Waals surface area contributed by atoms with Gasteiger partial charge in [-0.1, -0.05) is 74.4 Å². The van der Waals surface area contributed by atoms with E-state index < -0.39 is 36.4 Å². The van der Waals surface area contributed by atoms with E-state index >= 15 is 0 Å². The van der Waals surface area contributed by atoms with Crippen LogP contribution in [0.2, 0.25) is 0 Å². The van der Waals surface area contributed by atoms with Crippen LogP contribution < -0.4 is 4.74 Å². The van der Waals surface area contributed by atoms with Gasteiger partial charge in [0.2, 0.25) is 0 Å². The minimum Gasteiger partial charge on any atom is -0.464 e. The van der Waals surface area contributed by atoms with E-state index in [1.807, 2.05) is 19.1 Å². The summed E-state index contributed by atoms with van der Waals surface area (Å²) in [4.78, 5) is 49.2. The molecule has 0 radical (unpaired) electrons. The van der Waals surface area contributed by atoms with Crippen molar-refractivity contribution in [1.82, 2.24) is 0 Å². The molecule has 3 aromatic rings.